The summed E-state index contributed by atoms with van der Waals surface area (Å²) in [7, 11) is 1.56. The van der Waals surface area contributed by atoms with E-state index in [0.29, 0.717) is 18.9 Å². The molecule has 1 aromatic carbocycles. The summed E-state index contributed by atoms with van der Waals surface area (Å²) in [4.78, 5) is 26.9. The van der Waals surface area contributed by atoms with Crippen molar-refractivity contribution in [3.63, 3.8) is 0 Å². The Bertz CT molecular complexity index is 603. The van der Waals surface area contributed by atoms with Gasteiger partial charge in [0.15, 0.2) is 0 Å². The van der Waals surface area contributed by atoms with E-state index in [9.17, 15) is 9.59 Å². The predicted octanol–water partition coefficient (Wildman–Crippen LogP) is 2.87. The first-order valence-electron chi connectivity index (χ1n) is 9.07. The summed E-state index contributed by atoms with van der Waals surface area (Å²) >= 11 is 0. The van der Waals surface area contributed by atoms with Crippen molar-refractivity contribution in [1.82, 2.24) is 10.2 Å². The van der Waals surface area contributed by atoms with Gasteiger partial charge in [0.25, 0.3) is 0 Å². The maximum atomic E-state index is 13.0. The van der Waals surface area contributed by atoms with Gasteiger partial charge in [0.2, 0.25) is 11.8 Å². The minimum absolute atomic E-state index is 0.00805. The molecule has 0 heterocycles. The van der Waals surface area contributed by atoms with Crippen molar-refractivity contribution in [2.45, 2.75) is 45.1 Å². The second kappa shape index (κ2) is 9.83. The standard InChI is InChI=1S/C20H27N3O2/c1-22-19(24)18(14-16-8-4-2-5-9-16)20(25)23(13-12-21)15-17-10-6-3-7-11-17/h3,6-7,10-11,16,18H,2,4-5,8-9,13-15H2,1H3,(H,22,24). The molecule has 5 heteroatoms. The number of rotatable bonds is 7. The molecule has 0 spiro atoms. The first-order valence-corrected chi connectivity index (χ1v) is 9.07. The Morgan fingerprint density at radius 3 is 2.52 bits per heavy atom. The van der Waals surface area contributed by atoms with Gasteiger partial charge in [-0.05, 0) is 17.9 Å². The Kier molecular flexibility index (Phi) is 7.46. The number of carbonyl (C=O) groups is 2. The van der Waals surface area contributed by atoms with E-state index in [1.807, 2.05) is 30.3 Å². The molecule has 0 bridgehead atoms. The van der Waals surface area contributed by atoms with Gasteiger partial charge in [-0.15, -0.1) is 0 Å². The van der Waals surface area contributed by atoms with Crippen molar-refractivity contribution in [2.75, 3.05) is 13.6 Å². The first kappa shape index (κ1) is 19.0. The topological polar surface area (TPSA) is 73.2 Å². The highest BCUT2D eigenvalue weighted by atomic mass is 16.2. The van der Waals surface area contributed by atoms with Crippen molar-refractivity contribution in [3.8, 4) is 6.07 Å². The number of hydrogen-bond acceptors (Lipinski definition) is 3. The molecule has 1 unspecified atom stereocenters. The van der Waals surface area contributed by atoms with Gasteiger partial charge in [-0.3, -0.25) is 9.59 Å². The number of nitrogens with zero attached hydrogens (tertiary/aromatic N) is 2. The predicted molar refractivity (Wildman–Crippen MR) is 96.2 cm³/mol. The van der Waals surface area contributed by atoms with Crippen molar-refractivity contribution in [1.29, 1.82) is 5.26 Å². The van der Waals surface area contributed by atoms with Crippen molar-refractivity contribution >= 4 is 11.8 Å². The maximum absolute atomic E-state index is 13.0. The Balaban J connectivity index is 2.12. The van der Waals surface area contributed by atoms with Crippen molar-refractivity contribution in [2.24, 2.45) is 11.8 Å². The minimum atomic E-state index is -0.704. The van der Waals surface area contributed by atoms with Gasteiger partial charge in [0.05, 0.1) is 6.07 Å². The van der Waals surface area contributed by atoms with Crippen LogP contribution in [0.2, 0.25) is 0 Å². The summed E-state index contributed by atoms with van der Waals surface area (Å²) in [6, 6.07) is 11.6. The molecule has 134 valence electrons. The fraction of sp³-hybridized carbons (Fsp3) is 0.550. The van der Waals surface area contributed by atoms with Crippen molar-refractivity contribution < 1.29 is 9.59 Å². The van der Waals surface area contributed by atoms with E-state index in [-0.39, 0.29) is 18.4 Å². The third-order valence-electron chi connectivity index (χ3n) is 4.94. The lowest BCUT2D eigenvalue weighted by molar-refractivity contribution is -0.143. The molecule has 1 aliphatic rings. The molecule has 2 amide bonds. The Hall–Kier alpha value is -2.35. The average molecular weight is 341 g/mol. The zero-order valence-electron chi connectivity index (χ0n) is 14.9. The normalized spacial score (nSPS) is 15.8. The fourth-order valence-corrected chi connectivity index (χ4v) is 3.57. The summed E-state index contributed by atoms with van der Waals surface area (Å²) in [6.45, 7) is 0.345. The largest absolute Gasteiger partial charge is 0.358 e. The van der Waals surface area contributed by atoms with E-state index in [1.54, 1.807) is 7.05 Å². The van der Waals surface area contributed by atoms with Crippen LogP contribution in [0.3, 0.4) is 0 Å². The highest BCUT2D eigenvalue weighted by molar-refractivity contribution is 6.00. The number of carbonyl (C=O) groups excluding carboxylic acids is 2. The smallest absolute Gasteiger partial charge is 0.236 e. The van der Waals surface area contributed by atoms with Crippen LogP contribution in [-0.2, 0) is 16.1 Å². The maximum Gasteiger partial charge on any atom is 0.236 e. The summed E-state index contributed by atoms with van der Waals surface area (Å²) in [5.41, 5.74) is 0.958. The summed E-state index contributed by atoms with van der Waals surface area (Å²) in [5.74, 6) is -0.771. The molecule has 1 atom stereocenters. The molecule has 0 aromatic heterocycles. The van der Waals surface area contributed by atoms with Crippen LogP contribution in [0.4, 0.5) is 0 Å². The number of hydrogen-bond donors (Lipinski definition) is 1. The molecule has 1 aromatic rings. The summed E-state index contributed by atoms with van der Waals surface area (Å²) in [5, 5.41) is 11.7. The van der Waals surface area contributed by atoms with Crippen molar-refractivity contribution in [3.05, 3.63) is 35.9 Å². The van der Waals surface area contributed by atoms with E-state index in [4.69, 9.17) is 5.26 Å². The Morgan fingerprint density at radius 1 is 1.24 bits per heavy atom. The van der Waals surface area contributed by atoms with Crippen LogP contribution in [0.25, 0.3) is 0 Å². The van der Waals surface area contributed by atoms with Crippen LogP contribution in [0.15, 0.2) is 30.3 Å². The van der Waals surface area contributed by atoms with Crippen LogP contribution in [0.1, 0.15) is 44.1 Å². The zero-order valence-corrected chi connectivity index (χ0v) is 14.9. The molecular weight excluding hydrogens is 314 g/mol. The van der Waals surface area contributed by atoms with Crippen LogP contribution in [-0.4, -0.2) is 30.3 Å². The molecule has 1 saturated carbocycles. The summed E-state index contributed by atoms with van der Waals surface area (Å²) < 4.78 is 0. The van der Waals surface area contributed by atoms with Gasteiger partial charge in [-0.2, -0.15) is 5.26 Å². The SMILES string of the molecule is CNC(=O)C(CC1CCCCC1)C(=O)N(CC#N)Cc1ccccc1. The second-order valence-corrected chi connectivity index (χ2v) is 6.74. The molecule has 5 nitrogen and oxygen atoms in total. The monoisotopic (exact) mass is 341 g/mol. The summed E-state index contributed by atoms with van der Waals surface area (Å²) in [6.07, 6.45) is 6.32. The quantitative estimate of drug-likeness (QED) is 0.612. The number of benzene rings is 1. The van der Waals surface area contributed by atoms with Crippen LogP contribution >= 0.6 is 0 Å². The van der Waals surface area contributed by atoms with E-state index < -0.39 is 5.92 Å². The number of nitriles is 1. The zero-order chi connectivity index (χ0) is 18.1. The third-order valence-corrected chi connectivity index (χ3v) is 4.94. The van der Waals surface area contributed by atoms with Gasteiger partial charge in [0, 0.05) is 13.6 Å². The highest BCUT2D eigenvalue weighted by Gasteiger charge is 2.32. The Labute approximate surface area is 150 Å². The molecule has 0 aliphatic heterocycles. The van der Waals surface area contributed by atoms with Crippen LogP contribution in [0, 0.1) is 23.2 Å². The van der Waals surface area contributed by atoms with Gasteiger partial charge in [-0.1, -0.05) is 62.4 Å². The average Bonchev–Trinajstić information content (AvgIpc) is 2.66. The molecular formula is C20H27N3O2. The minimum Gasteiger partial charge on any atom is -0.358 e. The molecule has 1 N–H and O–H groups in total. The molecule has 0 saturated heterocycles. The van der Waals surface area contributed by atoms with Gasteiger partial charge < -0.3 is 10.2 Å². The van der Waals surface area contributed by atoms with Crippen LogP contribution in [0.5, 0.6) is 0 Å². The molecule has 1 fully saturated rings. The highest BCUT2D eigenvalue weighted by Crippen LogP contribution is 2.30. The van der Waals surface area contributed by atoms with Gasteiger partial charge in [-0.25, -0.2) is 0 Å². The number of amides is 2. The molecule has 2 rings (SSSR count). The Morgan fingerprint density at radius 2 is 1.92 bits per heavy atom. The van der Waals surface area contributed by atoms with Crippen LogP contribution < -0.4 is 5.32 Å². The molecule has 1 aliphatic carbocycles. The number of nitrogens with one attached hydrogen (secondary N) is 1. The lowest BCUT2D eigenvalue weighted by atomic mass is 9.82. The van der Waals surface area contributed by atoms with E-state index in [2.05, 4.69) is 11.4 Å². The van der Waals surface area contributed by atoms with Gasteiger partial charge >= 0.3 is 0 Å². The fourth-order valence-electron chi connectivity index (χ4n) is 3.57. The third kappa shape index (κ3) is 5.60. The van der Waals surface area contributed by atoms with Gasteiger partial charge in [0.1, 0.15) is 12.5 Å². The lowest BCUT2D eigenvalue weighted by Crippen LogP contribution is -2.43. The van der Waals surface area contributed by atoms with E-state index in [1.165, 1.54) is 24.2 Å². The lowest BCUT2D eigenvalue weighted by Gasteiger charge is -2.29. The molecule has 0 radical (unpaired) electrons. The molecule has 25 heavy (non-hydrogen) atoms. The first-order chi connectivity index (χ1) is 12.2. The van der Waals surface area contributed by atoms with E-state index in [0.717, 1.165) is 18.4 Å². The van der Waals surface area contributed by atoms with E-state index >= 15 is 0 Å². The second-order valence-electron chi connectivity index (χ2n) is 6.74.